The van der Waals surface area contributed by atoms with Crippen LogP contribution >= 0.6 is 0 Å². The lowest BCUT2D eigenvalue weighted by molar-refractivity contribution is -0.132. The van der Waals surface area contributed by atoms with E-state index in [-0.39, 0.29) is 5.91 Å². The van der Waals surface area contributed by atoms with Gasteiger partial charge in [0.15, 0.2) is 0 Å². The lowest BCUT2D eigenvalue weighted by Crippen LogP contribution is -2.47. The molecule has 120 valence electrons. The van der Waals surface area contributed by atoms with E-state index in [9.17, 15) is 4.79 Å². The molecule has 1 aliphatic carbocycles. The molecule has 1 saturated carbocycles. The van der Waals surface area contributed by atoms with Crippen molar-refractivity contribution in [3.05, 3.63) is 25.3 Å². The predicted octanol–water partition coefficient (Wildman–Crippen LogP) is 2.17. The summed E-state index contributed by atoms with van der Waals surface area (Å²) >= 11 is 0. The molecule has 0 unspecified atom stereocenters. The van der Waals surface area contributed by atoms with E-state index in [0.29, 0.717) is 31.7 Å². The zero-order chi connectivity index (χ0) is 15.7. The number of hydrogen-bond acceptors (Lipinski definition) is 3. The van der Waals surface area contributed by atoms with E-state index in [0.717, 1.165) is 38.6 Å². The molecule has 0 aromatic carbocycles. The predicted molar refractivity (Wildman–Crippen MR) is 89.1 cm³/mol. The van der Waals surface area contributed by atoms with Crippen LogP contribution in [0.5, 0.6) is 0 Å². The second kappa shape index (κ2) is 9.74. The number of nitrogens with zero attached hydrogens (tertiary/aromatic N) is 2. The lowest BCUT2D eigenvalue weighted by atomic mass is 9.90. The van der Waals surface area contributed by atoms with Crippen LogP contribution in [0.25, 0.3) is 0 Å². The van der Waals surface area contributed by atoms with Crippen molar-refractivity contribution in [1.29, 1.82) is 0 Å². The molecular formula is C17H31N3O. The molecular weight excluding hydrogens is 262 g/mol. The molecule has 1 fully saturated rings. The fourth-order valence-electron chi connectivity index (χ4n) is 3.01. The van der Waals surface area contributed by atoms with Gasteiger partial charge in [0.2, 0.25) is 5.91 Å². The molecule has 0 heterocycles. The van der Waals surface area contributed by atoms with Crippen molar-refractivity contribution < 1.29 is 4.79 Å². The Bertz CT molecular complexity index is 325. The van der Waals surface area contributed by atoms with Crippen LogP contribution in [0, 0.1) is 0 Å². The van der Waals surface area contributed by atoms with Crippen LogP contribution in [0.4, 0.5) is 0 Å². The first-order chi connectivity index (χ1) is 10.1. The smallest absolute Gasteiger partial charge is 0.237 e. The third kappa shape index (κ3) is 6.02. The number of carbonyl (C=O) groups excluding carboxylic acids is 1. The largest absolute Gasteiger partial charge is 0.334 e. The van der Waals surface area contributed by atoms with Crippen molar-refractivity contribution >= 4 is 5.91 Å². The molecule has 2 N–H and O–H groups in total. The Balaban J connectivity index is 2.61. The van der Waals surface area contributed by atoms with Gasteiger partial charge in [-0.2, -0.15) is 0 Å². The zero-order valence-electron chi connectivity index (χ0n) is 13.5. The summed E-state index contributed by atoms with van der Waals surface area (Å²) in [6, 6.07) is 0.849. The molecule has 0 spiro atoms. The number of carbonyl (C=O) groups is 1. The molecule has 0 aromatic rings. The minimum atomic E-state index is 0.165. The number of amides is 1. The summed E-state index contributed by atoms with van der Waals surface area (Å²) in [7, 11) is 0. The molecule has 0 bridgehead atoms. The maximum Gasteiger partial charge on any atom is 0.237 e. The van der Waals surface area contributed by atoms with Crippen molar-refractivity contribution in [3.8, 4) is 0 Å². The molecule has 4 nitrogen and oxygen atoms in total. The zero-order valence-corrected chi connectivity index (χ0v) is 13.5. The Kier molecular flexibility index (Phi) is 8.31. The number of nitrogens with two attached hydrogens (primary N) is 1. The summed E-state index contributed by atoms with van der Waals surface area (Å²) in [5.41, 5.74) is 5.98. The third-order valence-electron chi connectivity index (χ3n) is 4.16. The first kappa shape index (κ1) is 17.9. The summed E-state index contributed by atoms with van der Waals surface area (Å²) in [5, 5.41) is 0. The van der Waals surface area contributed by atoms with Crippen LogP contribution in [-0.2, 0) is 4.79 Å². The molecule has 21 heavy (non-hydrogen) atoms. The molecule has 4 heteroatoms. The van der Waals surface area contributed by atoms with E-state index < -0.39 is 0 Å². The first-order valence-corrected chi connectivity index (χ1v) is 8.11. The van der Waals surface area contributed by atoms with Crippen LogP contribution in [0.15, 0.2) is 25.3 Å². The Morgan fingerprint density at radius 3 is 2.24 bits per heavy atom. The van der Waals surface area contributed by atoms with Crippen molar-refractivity contribution in [2.75, 3.05) is 26.2 Å². The van der Waals surface area contributed by atoms with Crippen LogP contribution in [0.1, 0.15) is 39.0 Å². The van der Waals surface area contributed by atoms with Gasteiger partial charge in [-0.15, -0.1) is 13.2 Å². The van der Waals surface area contributed by atoms with E-state index in [1.165, 1.54) is 0 Å². The third-order valence-corrected chi connectivity index (χ3v) is 4.16. The highest BCUT2D eigenvalue weighted by Crippen LogP contribution is 2.22. The quantitative estimate of drug-likeness (QED) is 0.663. The van der Waals surface area contributed by atoms with Crippen molar-refractivity contribution in [2.24, 2.45) is 5.73 Å². The summed E-state index contributed by atoms with van der Waals surface area (Å²) in [5.74, 6) is 0.165. The van der Waals surface area contributed by atoms with E-state index in [1.54, 1.807) is 17.1 Å². The van der Waals surface area contributed by atoms with Crippen LogP contribution in [0.3, 0.4) is 0 Å². The molecule has 1 aliphatic rings. The van der Waals surface area contributed by atoms with Gasteiger partial charge in [-0.25, -0.2) is 0 Å². The summed E-state index contributed by atoms with van der Waals surface area (Å²) in [6.07, 6.45) is 8.97. The summed E-state index contributed by atoms with van der Waals surface area (Å²) in [6.45, 7) is 12.2. The summed E-state index contributed by atoms with van der Waals surface area (Å²) in [4.78, 5) is 16.6. The van der Waals surface area contributed by atoms with Crippen LogP contribution < -0.4 is 5.73 Å². The highest BCUT2D eigenvalue weighted by Gasteiger charge is 2.26. The minimum absolute atomic E-state index is 0.165. The maximum atomic E-state index is 12.5. The standard InChI is InChI=1S/C17H31N3O/c1-4-11-19(12-5-2)17(21)14-20(13-6-3)16-9-7-15(18)8-10-16/h4-5,15-16H,1-2,6-14,18H2,3H3. The molecule has 1 rings (SSSR count). The van der Waals surface area contributed by atoms with Crippen molar-refractivity contribution in [1.82, 2.24) is 9.80 Å². The van der Waals surface area contributed by atoms with Gasteiger partial charge in [0.1, 0.15) is 0 Å². The topological polar surface area (TPSA) is 49.6 Å². The normalized spacial score (nSPS) is 22.0. The fraction of sp³-hybridized carbons (Fsp3) is 0.706. The molecule has 0 atom stereocenters. The van der Waals surface area contributed by atoms with Gasteiger partial charge in [-0.05, 0) is 38.6 Å². The monoisotopic (exact) mass is 293 g/mol. The first-order valence-electron chi connectivity index (χ1n) is 8.11. The van der Waals surface area contributed by atoms with Gasteiger partial charge in [-0.3, -0.25) is 9.69 Å². The highest BCUT2D eigenvalue weighted by atomic mass is 16.2. The van der Waals surface area contributed by atoms with Gasteiger partial charge >= 0.3 is 0 Å². The van der Waals surface area contributed by atoms with Gasteiger partial charge < -0.3 is 10.6 Å². The second-order valence-corrected chi connectivity index (χ2v) is 5.92. The lowest BCUT2D eigenvalue weighted by Gasteiger charge is -2.36. The Morgan fingerprint density at radius 2 is 1.76 bits per heavy atom. The summed E-state index contributed by atoms with van der Waals surface area (Å²) < 4.78 is 0. The minimum Gasteiger partial charge on any atom is -0.334 e. The van der Waals surface area contributed by atoms with E-state index in [1.807, 2.05) is 0 Å². The molecule has 0 radical (unpaired) electrons. The number of hydrogen-bond donors (Lipinski definition) is 1. The SMILES string of the molecule is C=CCN(CC=C)C(=O)CN(CCC)C1CCC(N)CC1. The molecule has 0 saturated heterocycles. The van der Waals surface area contributed by atoms with Crippen molar-refractivity contribution in [2.45, 2.75) is 51.1 Å². The number of rotatable bonds is 9. The van der Waals surface area contributed by atoms with E-state index in [2.05, 4.69) is 25.0 Å². The van der Waals surface area contributed by atoms with E-state index >= 15 is 0 Å². The second-order valence-electron chi connectivity index (χ2n) is 5.92. The highest BCUT2D eigenvalue weighted by molar-refractivity contribution is 5.78. The molecule has 0 aromatic heterocycles. The van der Waals surface area contributed by atoms with Crippen LogP contribution in [-0.4, -0.2) is 54.0 Å². The average molecular weight is 293 g/mol. The Hall–Kier alpha value is -1.13. The average Bonchev–Trinajstić information content (AvgIpc) is 2.47. The van der Waals surface area contributed by atoms with Gasteiger partial charge in [0, 0.05) is 25.2 Å². The van der Waals surface area contributed by atoms with Gasteiger partial charge in [0.05, 0.1) is 6.54 Å². The molecule has 0 aliphatic heterocycles. The van der Waals surface area contributed by atoms with Crippen molar-refractivity contribution in [3.63, 3.8) is 0 Å². The molecule has 1 amide bonds. The van der Waals surface area contributed by atoms with Gasteiger partial charge in [-0.1, -0.05) is 19.1 Å². The van der Waals surface area contributed by atoms with Gasteiger partial charge in [0.25, 0.3) is 0 Å². The Labute approximate surface area is 129 Å². The fourth-order valence-corrected chi connectivity index (χ4v) is 3.01. The Morgan fingerprint density at radius 1 is 1.19 bits per heavy atom. The van der Waals surface area contributed by atoms with E-state index in [4.69, 9.17) is 5.73 Å². The maximum absolute atomic E-state index is 12.5. The van der Waals surface area contributed by atoms with Crippen LogP contribution in [0.2, 0.25) is 0 Å².